The monoisotopic (exact) mass is 334 g/mol. The van der Waals surface area contributed by atoms with E-state index in [0.717, 1.165) is 28.7 Å². The van der Waals surface area contributed by atoms with E-state index in [0.29, 0.717) is 5.75 Å². The van der Waals surface area contributed by atoms with Crippen LogP contribution in [0.2, 0.25) is 0 Å². The van der Waals surface area contributed by atoms with Crippen LogP contribution in [0.15, 0.2) is 28.6 Å². The first kappa shape index (κ1) is 15.3. The normalized spacial score (nSPS) is 16.9. The fourth-order valence-corrected chi connectivity index (χ4v) is 4.15. The molecule has 0 saturated carbocycles. The molecule has 5 nitrogen and oxygen atoms in total. The van der Waals surface area contributed by atoms with Crippen molar-refractivity contribution < 1.29 is 4.79 Å². The molecule has 0 spiro atoms. The molecule has 0 saturated heterocycles. The minimum Gasteiger partial charge on any atom is -0.363 e. The molecule has 2 aromatic rings. The standard InChI is InChI=1S/C15H18N4OS2/c1-16-14-18-19-15(22-14)21-9-13(20)17-12-8-4-6-10-5-2-3-7-11(10)12/h2-3,5,7,12H,4,6,8-9H2,1H3,(H,16,18)(H,17,20)/t12-/m1/s1. The Kier molecular flexibility index (Phi) is 4.94. The summed E-state index contributed by atoms with van der Waals surface area (Å²) in [4.78, 5) is 12.2. The number of anilines is 1. The van der Waals surface area contributed by atoms with Crippen LogP contribution in [0.1, 0.15) is 30.0 Å². The van der Waals surface area contributed by atoms with Crippen molar-refractivity contribution in [1.29, 1.82) is 0 Å². The predicted molar refractivity (Wildman–Crippen MR) is 90.4 cm³/mol. The smallest absolute Gasteiger partial charge is 0.230 e. The van der Waals surface area contributed by atoms with Gasteiger partial charge in [-0.25, -0.2) is 0 Å². The van der Waals surface area contributed by atoms with E-state index in [1.54, 1.807) is 0 Å². The van der Waals surface area contributed by atoms with Gasteiger partial charge in [0, 0.05) is 7.05 Å². The van der Waals surface area contributed by atoms with E-state index in [-0.39, 0.29) is 11.9 Å². The minimum absolute atomic E-state index is 0.0490. The Labute approximate surface area is 137 Å². The van der Waals surface area contributed by atoms with Crippen LogP contribution in [0.25, 0.3) is 0 Å². The molecular formula is C15H18N4OS2. The Balaban J connectivity index is 1.56. The summed E-state index contributed by atoms with van der Waals surface area (Å²) in [7, 11) is 1.81. The second kappa shape index (κ2) is 7.11. The fourth-order valence-electron chi connectivity index (χ4n) is 2.64. The zero-order chi connectivity index (χ0) is 15.4. The average Bonchev–Trinajstić information content (AvgIpc) is 3.01. The molecule has 1 aliphatic rings. The molecule has 2 N–H and O–H groups in total. The summed E-state index contributed by atoms with van der Waals surface area (Å²) in [5.74, 6) is 0.421. The van der Waals surface area contributed by atoms with Crippen molar-refractivity contribution in [2.24, 2.45) is 0 Å². The molecule has 0 radical (unpaired) electrons. The molecule has 1 aromatic carbocycles. The average molecular weight is 334 g/mol. The first-order chi connectivity index (χ1) is 10.8. The SMILES string of the molecule is CNc1nnc(SCC(=O)N[C@@H]2CCCc3ccccc32)s1. The topological polar surface area (TPSA) is 66.9 Å². The van der Waals surface area contributed by atoms with Gasteiger partial charge in [0.2, 0.25) is 11.0 Å². The van der Waals surface area contributed by atoms with Crippen LogP contribution < -0.4 is 10.6 Å². The number of aryl methyl sites for hydroxylation is 1. The van der Waals surface area contributed by atoms with Crippen molar-refractivity contribution in [3.8, 4) is 0 Å². The molecule has 7 heteroatoms. The largest absolute Gasteiger partial charge is 0.363 e. The number of rotatable bonds is 5. The molecule has 22 heavy (non-hydrogen) atoms. The zero-order valence-corrected chi connectivity index (χ0v) is 14.0. The Morgan fingerprint density at radius 1 is 1.41 bits per heavy atom. The van der Waals surface area contributed by atoms with Gasteiger partial charge in [-0.15, -0.1) is 10.2 Å². The van der Waals surface area contributed by atoms with E-state index < -0.39 is 0 Å². The van der Waals surface area contributed by atoms with Gasteiger partial charge in [0.1, 0.15) is 0 Å². The Morgan fingerprint density at radius 3 is 3.09 bits per heavy atom. The van der Waals surface area contributed by atoms with Crippen LogP contribution in [0.4, 0.5) is 5.13 Å². The summed E-state index contributed by atoms with van der Waals surface area (Å²) in [6.07, 6.45) is 3.24. The van der Waals surface area contributed by atoms with Gasteiger partial charge in [0.15, 0.2) is 4.34 Å². The van der Waals surface area contributed by atoms with E-state index >= 15 is 0 Å². The number of fused-ring (bicyclic) bond motifs is 1. The molecule has 1 aromatic heterocycles. The first-order valence-corrected chi connectivity index (χ1v) is 9.07. The number of nitrogens with one attached hydrogen (secondary N) is 2. The summed E-state index contributed by atoms with van der Waals surface area (Å²) in [6.45, 7) is 0. The summed E-state index contributed by atoms with van der Waals surface area (Å²) in [5.41, 5.74) is 2.62. The van der Waals surface area contributed by atoms with Gasteiger partial charge >= 0.3 is 0 Å². The van der Waals surface area contributed by atoms with Crippen molar-refractivity contribution in [3.05, 3.63) is 35.4 Å². The van der Waals surface area contributed by atoms with Crippen molar-refractivity contribution >= 4 is 34.1 Å². The lowest BCUT2D eigenvalue weighted by molar-refractivity contribution is -0.119. The maximum Gasteiger partial charge on any atom is 0.230 e. The highest BCUT2D eigenvalue weighted by atomic mass is 32.2. The number of amides is 1. The lowest BCUT2D eigenvalue weighted by Crippen LogP contribution is -2.32. The molecular weight excluding hydrogens is 316 g/mol. The molecule has 1 aliphatic carbocycles. The number of nitrogens with zero attached hydrogens (tertiary/aromatic N) is 2. The highest BCUT2D eigenvalue weighted by Gasteiger charge is 2.21. The fraction of sp³-hybridized carbons (Fsp3) is 0.400. The lowest BCUT2D eigenvalue weighted by atomic mass is 9.88. The van der Waals surface area contributed by atoms with Crippen LogP contribution in [-0.4, -0.2) is 28.9 Å². The van der Waals surface area contributed by atoms with E-state index in [2.05, 4.69) is 39.0 Å². The van der Waals surface area contributed by atoms with E-state index in [9.17, 15) is 4.79 Å². The second-order valence-electron chi connectivity index (χ2n) is 5.12. The molecule has 1 amide bonds. The Bertz CT molecular complexity index is 658. The van der Waals surface area contributed by atoms with E-state index in [1.165, 1.54) is 34.2 Å². The number of thioether (sulfide) groups is 1. The van der Waals surface area contributed by atoms with Crippen molar-refractivity contribution in [2.45, 2.75) is 29.6 Å². The highest BCUT2D eigenvalue weighted by molar-refractivity contribution is 8.01. The van der Waals surface area contributed by atoms with Crippen LogP contribution in [0, 0.1) is 0 Å². The number of aromatic nitrogens is 2. The number of carbonyl (C=O) groups is 1. The van der Waals surface area contributed by atoms with Gasteiger partial charge in [-0.05, 0) is 30.4 Å². The van der Waals surface area contributed by atoms with Crippen molar-refractivity contribution in [1.82, 2.24) is 15.5 Å². The summed E-state index contributed by atoms with van der Waals surface area (Å²) < 4.78 is 0.809. The summed E-state index contributed by atoms with van der Waals surface area (Å²) in [5, 5.41) is 14.9. The third-order valence-corrected chi connectivity index (χ3v) is 5.73. The number of carbonyl (C=O) groups excluding carboxylic acids is 1. The molecule has 0 aliphatic heterocycles. The summed E-state index contributed by atoms with van der Waals surface area (Å²) >= 11 is 2.89. The molecule has 3 rings (SSSR count). The maximum atomic E-state index is 12.2. The van der Waals surface area contributed by atoms with Gasteiger partial charge in [0.25, 0.3) is 0 Å². The Morgan fingerprint density at radius 2 is 2.27 bits per heavy atom. The van der Waals surface area contributed by atoms with Crippen LogP contribution in [0.5, 0.6) is 0 Å². The predicted octanol–water partition coefficient (Wildman–Crippen LogP) is 2.87. The molecule has 0 unspecified atom stereocenters. The van der Waals surface area contributed by atoms with Gasteiger partial charge in [-0.3, -0.25) is 4.79 Å². The van der Waals surface area contributed by atoms with Gasteiger partial charge in [0.05, 0.1) is 11.8 Å². The van der Waals surface area contributed by atoms with Gasteiger partial charge in [-0.1, -0.05) is 47.4 Å². The van der Waals surface area contributed by atoms with Crippen molar-refractivity contribution in [3.63, 3.8) is 0 Å². The zero-order valence-electron chi connectivity index (χ0n) is 12.3. The van der Waals surface area contributed by atoms with Crippen molar-refractivity contribution in [2.75, 3.05) is 18.1 Å². The maximum absolute atomic E-state index is 12.2. The van der Waals surface area contributed by atoms with Gasteiger partial charge in [-0.2, -0.15) is 0 Å². The van der Waals surface area contributed by atoms with E-state index in [1.807, 2.05) is 13.1 Å². The molecule has 0 bridgehead atoms. The third kappa shape index (κ3) is 3.59. The lowest BCUT2D eigenvalue weighted by Gasteiger charge is -2.26. The minimum atomic E-state index is 0.0490. The van der Waals surface area contributed by atoms with Gasteiger partial charge < -0.3 is 10.6 Å². The van der Waals surface area contributed by atoms with Crippen LogP contribution >= 0.6 is 23.1 Å². The molecule has 1 atom stereocenters. The molecule has 1 heterocycles. The second-order valence-corrected chi connectivity index (χ2v) is 7.32. The summed E-state index contributed by atoms with van der Waals surface area (Å²) in [6, 6.07) is 8.52. The molecule has 0 fully saturated rings. The third-order valence-electron chi connectivity index (χ3n) is 3.65. The number of hydrogen-bond donors (Lipinski definition) is 2. The number of benzene rings is 1. The number of hydrogen-bond acceptors (Lipinski definition) is 6. The van der Waals surface area contributed by atoms with Crippen LogP contribution in [0.3, 0.4) is 0 Å². The van der Waals surface area contributed by atoms with E-state index in [4.69, 9.17) is 0 Å². The quantitative estimate of drug-likeness (QED) is 0.823. The highest BCUT2D eigenvalue weighted by Crippen LogP contribution is 2.30. The first-order valence-electron chi connectivity index (χ1n) is 7.27. The Hall–Kier alpha value is -1.60. The molecule has 116 valence electrons. The van der Waals surface area contributed by atoms with Crippen LogP contribution in [-0.2, 0) is 11.2 Å².